The summed E-state index contributed by atoms with van der Waals surface area (Å²) in [5.41, 5.74) is -1.46. The molecule has 1 aromatic carbocycles. The number of amides is 1. The van der Waals surface area contributed by atoms with Crippen molar-refractivity contribution in [3.05, 3.63) is 52.0 Å². The first kappa shape index (κ1) is 39.2. The number of nitrogens with zero attached hydrogens (tertiary/aromatic N) is 3. The number of aliphatic imine (C=N–C) groups is 1. The van der Waals surface area contributed by atoms with Crippen molar-refractivity contribution in [3.8, 4) is 0 Å². The van der Waals surface area contributed by atoms with Crippen molar-refractivity contribution >= 4 is 61.0 Å². The Bertz CT molecular complexity index is 1740. The van der Waals surface area contributed by atoms with Crippen LogP contribution in [0.15, 0.2) is 49.2 Å². The zero-order valence-electron chi connectivity index (χ0n) is 29.0. The van der Waals surface area contributed by atoms with Gasteiger partial charge in [0.05, 0.1) is 41.6 Å². The minimum atomic E-state index is -4.09. The number of carbonyl (C=O) groups is 1. The standard InChI is InChI=1S/C32H48BrFN4O6S2Si/c1-11-47(12-2,13-3)24-20-25(33)36-27(26(24)34)32(10)21-45(40,31(8,9)28(38-32)37-29(39)44-30(5,6)7)35-18-19-43-46(41,42)23-16-14-22(4)15-17-23/h14-17,20H,11-13,18-19,21H2,1-10H3,(H,37,38,39)/t32-,45-/m0/s1. The topological polar surface area (TPSA) is 136 Å². The molecule has 0 saturated heterocycles. The number of aryl methyl sites for hydroxylation is 1. The van der Waals surface area contributed by atoms with Gasteiger partial charge in [-0.15, -0.1) is 0 Å². The molecule has 0 aliphatic carbocycles. The van der Waals surface area contributed by atoms with Gasteiger partial charge in [-0.25, -0.2) is 22.7 Å². The number of aromatic nitrogens is 1. The van der Waals surface area contributed by atoms with E-state index in [2.05, 4.69) is 51.4 Å². The smallest absolute Gasteiger partial charge is 0.413 e. The quantitative estimate of drug-likeness (QED) is 0.121. The van der Waals surface area contributed by atoms with Crippen LogP contribution in [0.3, 0.4) is 0 Å². The molecule has 0 unspecified atom stereocenters. The molecule has 0 radical (unpaired) electrons. The van der Waals surface area contributed by atoms with E-state index in [4.69, 9.17) is 13.9 Å². The number of hydrogen-bond acceptors (Lipinski definition) is 9. The molecular weight excluding hydrogens is 727 g/mol. The first-order chi connectivity index (χ1) is 21.6. The minimum Gasteiger partial charge on any atom is -0.444 e. The number of rotatable bonds is 10. The number of pyridine rings is 1. The van der Waals surface area contributed by atoms with Crippen LogP contribution in [0.1, 0.15) is 73.6 Å². The largest absolute Gasteiger partial charge is 0.444 e. The van der Waals surface area contributed by atoms with Gasteiger partial charge >= 0.3 is 6.09 Å². The summed E-state index contributed by atoms with van der Waals surface area (Å²) in [4.78, 5) is 22.4. The molecule has 47 heavy (non-hydrogen) atoms. The van der Waals surface area contributed by atoms with Gasteiger partial charge in [0.25, 0.3) is 10.1 Å². The fraction of sp³-hybridized carbons (Fsp3) is 0.594. The van der Waals surface area contributed by atoms with Crippen molar-refractivity contribution in [2.24, 2.45) is 9.36 Å². The Morgan fingerprint density at radius 3 is 2.23 bits per heavy atom. The van der Waals surface area contributed by atoms with Crippen LogP contribution >= 0.6 is 15.9 Å². The minimum absolute atomic E-state index is 0.00449. The van der Waals surface area contributed by atoms with Crippen LogP contribution in [0, 0.1) is 12.7 Å². The molecule has 0 spiro atoms. The fourth-order valence-electron chi connectivity index (χ4n) is 5.70. The van der Waals surface area contributed by atoms with Gasteiger partial charge in [0.2, 0.25) is 0 Å². The number of amidine groups is 1. The Kier molecular flexibility index (Phi) is 12.0. The van der Waals surface area contributed by atoms with Crippen LogP contribution in [0.25, 0.3) is 0 Å². The lowest BCUT2D eigenvalue weighted by atomic mass is 9.98. The van der Waals surface area contributed by atoms with Gasteiger partial charge in [0.15, 0.2) is 0 Å². The highest BCUT2D eigenvalue weighted by molar-refractivity contribution is 9.10. The summed E-state index contributed by atoms with van der Waals surface area (Å²) in [5.74, 6) is -0.743. The Labute approximate surface area is 289 Å². The van der Waals surface area contributed by atoms with Crippen molar-refractivity contribution in [3.63, 3.8) is 0 Å². The van der Waals surface area contributed by atoms with Gasteiger partial charge in [-0.1, -0.05) is 56.6 Å². The summed E-state index contributed by atoms with van der Waals surface area (Å²) < 4.78 is 71.6. The van der Waals surface area contributed by atoms with Gasteiger partial charge in [-0.05, 0) is 87.8 Å². The van der Waals surface area contributed by atoms with Crippen LogP contribution in [-0.4, -0.2) is 66.9 Å². The lowest BCUT2D eigenvalue weighted by Gasteiger charge is -2.42. The van der Waals surface area contributed by atoms with Gasteiger partial charge in [-0.3, -0.25) is 14.5 Å². The SMILES string of the molecule is CC[Si](CC)(CC)c1cc(Br)nc([C@]2(C)C[S@@](=O)(=NCCOS(=O)(=O)c3ccc(C)cc3)C(C)(C)C(NC(=O)OC(C)(C)C)=N2)c1F. The summed E-state index contributed by atoms with van der Waals surface area (Å²) >= 11 is 3.49. The number of benzene rings is 1. The second kappa shape index (κ2) is 14.3. The summed E-state index contributed by atoms with van der Waals surface area (Å²) in [7, 11) is -9.75. The molecule has 0 saturated carbocycles. The van der Waals surface area contributed by atoms with Gasteiger partial charge in [-0.2, -0.15) is 8.42 Å². The molecule has 1 aliphatic rings. The maximum absolute atomic E-state index is 16.8. The van der Waals surface area contributed by atoms with Crippen LogP contribution in [-0.2, 0) is 34.3 Å². The average Bonchev–Trinajstić information content (AvgIpc) is 2.96. The molecule has 0 fully saturated rings. The molecule has 1 aliphatic heterocycles. The van der Waals surface area contributed by atoms with Crippen molar-refractivity contribution < 1.29 is 30.7 Å². The number of nitrogens with one attached hydrogen (secondary N) is 1. The molecular formula is C32H48BrFN4O6S2Si. The Morgan fingerprint density at radius 1 is 1.13 bits per heavy atom. The van der Waals surface area contributed by atoms with Crippen LogP contribution in [0.5, 0.6) is 0 Å². The predicted octanol–water partition coefficient (Wildman–Crippen LogP) is 6.81. The second-order valence-electron chi connectivity index (χ2n) is 13.6. The van der Waals surface area contributed by atoms with E-state index in [1.807, 2.05) is 6.92 Å². The zero-order valence-corrected chi connectivity index (χ0v) is 33.2. The number of carbonyl (C=O) groups excluding carboxylic acids is 1. The molecule has 1 N–H and O–H groups in total. The molecule has 15 heteroatoms. The van der Waals surface area contributed by atoms with E-state index >= 15 is 8.60 Å². The van der Waals surface area contributed by atoms with Gasteiger partial charge < -0.3 is 4.74 Å². The van der Waals surface area contributed by atoms with E-state index in [9.17, 15) is 13.2 Å². The van der Waals surface area contributed by atoms with Crippen molar-refractivity contribution in [2.45, 2.75) is 108 Å². The van der Waals surface area contributed by atoms with E-state index in [0.717, 1.165) is 23.7 Å². The molecule has 1 aromatic heterocycles. The van der Waals surface area contributed by atoms with Gasteiger partial charge in [0, 0.05) is 0 Å². The molecule has 3 rings (SSSR count). The number of ether oxygens (including phenoxy) is 1. The van der Waals surface area contributed by atoms with E-state index < -0.39 is 55.7 Å². The molecule has 10 nitrogen and oxygen atoms in total. The maximum atomic E-state index is 16.8. The summed E-state index contributed by atoms with van der Waals surface area (Å²) in [6, 6.07) is 10.4. The van der Waals surface area contributed by atoms with E-state index in [0.29, 0.717) is 9.79 Å². The molecule has 262 valence electrons. The zero-order chi connectivity index (χ0) is 35.6. The fourth-order valence-corrected chi connectivity index (χ4v) is 13.4. The normalized spacial score (nSPS) is 21.6. The first-order valence-electron chi connectivity index (χ1n) is 15.7. The lowest BCUT2D eigenvalue weighted by molar-refractivity contribution is 0.0560. The third kappa shape index (κ3) is 8.51. The maximum Gasteiger partial charge on any atom is 0.413 e. The monoisotopic (exact) mass is 774 g/mol. The lowest BCUT2D eigenvalue weighted by Crippen LogP contribution is -2.58. The molecule has 1 amide bonds. The van der Waals surface area contributed by atoms with E-state index in [1.165, 1.54) is 12.1 Å². The highest BCUT2D eigenvalue weighted by atomic mass is 79.9. The number of alkyl carbamates (subject to hydrolysis) is 1. The van der Waals surface area contributed by atoms with Crippen LogP contribution in [0.2, 0.25) is 18.1 Å². The Balaban J connectivity index is 2.15. The summed E-state index contributed by atoms with van der Waals surface area (Å²) in [6.45, 7) is 17.4. The first-order valence-corrected chi connectivity index (χ1v) is 22.2. The average molecular weight is 776 g/mol. The molecule has 0 bridgehead atoms. The van der Waals surface area contributed by atoms with Crippen molar-refractivity contribution in [1.82, 2.24) is 10.3 Å². The number of halogens is 2. The summed E-state index contributed by atoms with van der Waals surface area (Å²) in [5, 5.41) is 3.28. The summed E-state index contributed by atoms with van der Waals surface area (Å²) in [6.07, 6.45) is -0.819. The molecule has 2 heterocycles. The Hall–Kier alpha value is -2.20. The molecule has 2 atom stereocenters. The van der Waals surface area contributed by atoms with Crippen molar-refractivity contribution in [1.29, 1.82) is 0 Å². The second-order valence-corrected chi connectivity index (χ2v) is 24.1. The highest BCUT2D eigenvalue weighted by Gasteiger charge is 2.51. The van der Waals surface area contributed by atoms with E-state index in [1.54, 1.807) is 59.7 Å². The Morgan fingerprint density at radius 2 is 1.70 bits per heavy atom. The van der Waals surface area contributed by atoms with E-state index in [-0.39, 0.29) is 35.3 Å². The van der Waals surface area contributed by atoms with Gasteiger partial charge in [0.1, 0.15) is 37.8 Å². The van der Waals surface area contributed by atoms with Crippen molar-refractivity contribution in [2.75, 3.05) is 18.9 Å². The predicted molar refractivity (Wildman–Crippen MR) is 192 cm³/mol. The third-order valence-electron chi connectivity index (χ3n) is 8.80. The third-order valence-corrected chi connectivity index (χ3v) is 19.4. The highest BCUT2D eigenvalue weighted by Crippen LogP contribution is 2.40. The van der Waals surface area contributed by atoms with Crippen LogP contribution in [0.4, 0.5) is 9.18 Å². The molecule has 2 aromatic rings. The van der Waals surface area contributed by atoms with Crippen LogP contribution < -0.4 is 10.5 Å². The number of hydrogen-bond donors (Lipinski definition) is 1.